The van der Waals surface area contributed by atoms with Gasteiger partial charge < -0.3 is 10.2 Å². The van der Waals surface area contributed by atoms with Gasteiger partial charge in [0.05, 0.1) is 11.6 Å². The van der Waals surface area contributed by atoms with E-state index in [9.17, 15) is 14.4 Å². The summed E-state index contributed by atoms with van der Waals surface area (Å²) in [5.74, 6) is -3.37. The number of hydrogen-bond acceptors (Lipinski definition) is 4. The van der Waals surface area contributed by atoms with Crippen LogP contribution in [-0.4, -0.2) is 39.1 Å². The third-order valence-electron chi connectivity index (χ3n) is 2.92. The predicted molar refractivity (Wildman–Crippen MR) is 59.7 cm³/mol. The number of fused-ring (bicyclic) bond motifs is 1. The molecule has 2 N–H and O–H groups in total. The van der Waals surface area contributed by atoms with Gasteiger partial charge in [-0.2, -0.15) is 0 Å². The van der Waals surface area contributed by atoms with Gasteiger partial charge in [0.25, 0.3) is 0 Å². The van der Waals surface area contributed by atoms with Gasteiger partial charge >= 0.3 is 12.1 Å². The lowest BCUT2D eigenvalue weighted by molar-refractivity contribution is -0.140. The number of carboxylic acid groups (broad SMARTS) is 2. The van der Waals surface area contributed by atoms with Crippen molar-refractivity contribution >= 4 is 23.7 Å². The molecule has 7 heteroatoms. The van der Waals surface area contributed by atoms with Crippen LogP contribution in [-0.2, 0) is 4.79 Å². The van der Waals surface area contributed by atoms with Crippen molar-refractivity contribution in [2.24, 2.45) is 5.92 Å². The number of ketones is 1. The van der Waals surface area contributed by atoms with Gasteiger partial charge in [-0.15, -0.1) is 0 Å². The number of aliphatic carboxylic acids is 1. The molecule has 2 atom stereocenters. The van der Waals surface area contributed by atoms with Crippen LogP contribution in [0.4, 0.5) is 10.6 Å². The van der Waals surface area contributed by atoms with E-state index < -0.39 is 29.8 Å². The zero-order valence-electron chi connectivity index (χ0n) is 9.40. The van der Waals surface area contributed by atoms with Crippen LogP contribution in [0.3, 0.4) is 0 Å². The summed E-state index contributed by atoms with van der Waals surface area (Å²) >= 11 is 0. The van der Waals surface area contributed by atoms with Crippen LogP contribution in [0.2, 0.25) is 0 Å². The minimum absolute atomic E-state index is 0.0139. The summed E-state index contributed by atoms with van der Waals surface area (Å²) in [6.07, 6.45) is 0.0248. The van der Waals surface area contributed by atoms with Gasteiger partial charge in [0.15, 0.2) is 5.78 Å². The summed E-state index contributed by atoms with van der Waals surface area (Å²) in [7, 11) is 0. The zero-order chi connectivity index (χ0) is 13.4. The first-order valence-corrected chi connectivity index (χ1v) is 5.19. The highest BCUT2D eigenvalue weighted by Gasteiger charge is 2.45. The molecule has 1 aromatic rings. The van der Waals surface area contributed by atoms with Gasteiger partial charge in [0.2, 0.25) is 0 Å². The average molecular weight is 250 g/mol. The lowest BCUT2D eigenvalue weighted by atomic mass is 9.87. The van der Waals surface area contributed by atoms with Crippen molar-refractivity contribution < 1.29 is 24.6 Å². The number of Topliss-reactive ketones (excluding diaryl/α,β-unsaturated/α-hetero) is 1. The molecule has 18 heavy (non-hydrogen) atoms. The number of rotatable bonds is 1. The molecule has 7 nitrogen and oxygen atoms in total. The van der Waals surface area contributed by atoms with E-state index in [4.69, 9.17) is 10.2 Å². The summed E-state index contributed by atoms with van der Waals surface area (Å²) in [6, 6.07) is 1.85. The fraction of sp³-hybridized carbons (Fsp3) is 0.273. The van der Waals surface area contributed by atoms with Gasteiger partial charge in [-0.25, -0.2) is 9.78 Å². The van der Waals surface area contributed by atoms with Crippen molar-refractivity contribution in [1.29, 1.82) is 0 Å². The van der Waals surface area contributed by atoms with E-state index in [-0.39, 0.29) is 11.4 Å². The molecule has 1 aromatic heterocycles. The quantitative estimate of drug-likeness (QED) is 0.715. The lowest BCUT2D eigenvalue weighted by Crippen LogP contribution is -2.52. The molecule has 0 saturated carbocycles. The molecule has 1 aliphatic heterocycles. The lowest BCUT2D eigenvalue weighted by Gasteiger charge is -2.34. The van der Waals surface area contributed by atoms with Crippen molar-refractivity contribution in [3.63, 3.8) is 0 Å². The number of amides is 1. The first kappa shape index (κ1) is 12.0. The number of pyridine rings is 1. The topological polar surface area (TPSA) is 108 Å². The van der Waals surface area contributed by atoms with E-state index in [2.05, 4.69) is 4.98 Å². The molecule has 0 fully saturated rings. The van der Waals surface area contributed by atoms with Crippen molar-refractivity contribution in [2.75, 3.05) is 4.90 Å². The number of aromatic nitrogens is 1. The highest BCUT2D eigenvalue weighted by molar-refractivity contribution is 6.15. The van der Waals surface area contributed by atoms with Crippen LogP contribution in [0.5, 0.6) is 0 Å². The maximum atomic E-state index is 12.0. The van der Waals surface area contributed by atoms with Gasteiger partial charge in [0.1, 0.15) is 11.7 Å². The van der Waals surface area contributed by atoms with Gasteiger partial charge in [-0.1, -0.05) is 0 Å². The second-order valence-corrected chi connectivity index (χ2v) is 3.95. The van der Waals surface area contributed by atoms with E-state index in [1.165, 1.54) is 25.3 Å². The van der Waals surface area contributed by atoms with Crippen molar-refractivity contribution in [1.82, 2.24) is 4.98 Å². The molecule has 0 spiro atoms. The summed E-state index contributed by atoms with van der Waals surface area (Å²) in [6.45, 7) is 1.38. The Hall–Kier alpha value is -2.44. The second kappa shape index (κ2) is 4.10. The molecular weight excluding hydrogens is 240 g/mol. The van der Waals surface area contributed by atoms with Crippen LogP contribution in [0.15, 0.2) is 18.3 Å². The Morgan fingerprint density at radius 2 is 2.06 bits per heavy atom. The monoisotopic (exact) mass is 250 g/mol. The molecule has 1 amide bonds. The summed E-state index contributed by atoms with van der Waals surface area (Å²) < 4.78 is 0. The Morgan fingerprint density at radius 3 is 2.61 bits per heavy atom. The van der Waals surface area contributed by atoms with Crippen molar-refractivity contribution in [2.45, 2.75) is 13.0 Å². The normalized spacial score (nSPS) is 22.5. The number of carboxylic acids is 1. The van der Waals surface area contributed by atoms with Crippen LogP contribution in [0.25, 0.3) is 0 Å². The minimum atomic E-state index is -1.40. The van der Waals surface area contributed by atoms with Crippen LogP contribution in [0, 0.1) is 5.92 Å². The average Bonchev–Trinajstić information content (AvgIpc) is 2.28. The molecule has 0 radical (unpaired) electrons. The molecule has 94 valence electrons. The van der Waals surface area contributed by atoms with Gasteiger partial charge in [-0.05, 0) is 19.1 Å². The maximum absolute atomic E-state index is 12.0. The zero-order valence-corrected chi connectivity index (χ0v) is 9.40. The fourth-order valence-corrected chi connectivity index (χ4v) is 2.09. The number of carbonyl (C=O) groups excluding carboxylic acids is 1. The van der Waals surface area contributed by atoms with Crippen molar-refractivity contribution in [3.8, 4) is 0 Å². The van der Waals surface area contributed by atoms with E-state index in [0.717, 1.165) is 4.90 Å². The highest BCUT2D eigenvalue weighted by Crippen LogP contribution is 2.32. The third-order valence-corrected chi connectivity index (χ3v) is 2.92. The Bertz CT molecular complexity index is 542. The maximum Gasteiger partial charge on any atom is 0.413 e. The Balaban J connectivity index is 2.63. The summed E-state index contributed by atoms with van der Waals surface area (Å²) in [5.41, 5.74) is 0.0189. The number of anilines is 1. The number of hydrogen-bond donors (Lipinski definition) is 2. The van der Waals surface area contributed by atoms with E-state index in [1.807, 2.05) is 0 Å². The molecule has 2 rings (SSSR count). The van der Waals surface area contributed by atoms with E-state index in [1.54, 1.807) is 0 Å². The van der Waals surface area contributed by atoms with Crippen molar-refractivity contribution in [3.05, 3.63) is 23.9 Å². The first-order chi connectivity index (χ1) is 8.45. The predicted octanol–water partition coefficient (Wildman–Crippen LogP) is 0.852. The molecule has 2 heterocycles. The summed E-state index contributed by atoms with van der Waals surface area (Å²) in [4.78, 5) is 38.9. The number of nitrogens with zero attached hydrogens (tertiary/aromatic N) is 2. The molecule has 0 saturated heterocycles. The molecule has 2 unspecified atom stereocenters. The standard InChI is InChI=1S/C11H10N2O5/c1-5-7(10(15)16)8(14)6-3-2-4-12-9(6)13(5)11(17)18/h2-5,7H,1H3,(H,15,16)(H,17,18). The largest absolute Gasteiger partial charge is 0.481 e. The second-order valence-electron chi connectivity index (χ2n) is 3.95. The Labute approximate surface area is 102 Å². The Kier molecular flexibility index (Phi) is 2.74. The smallest absolute Gasteiger partial charge is 0.413 e. The third kappa shape index (κ3) is 1.60. The highest BCUT2D eigenvalue weighted by atomic mass is 16.4. The molecule has 1 aliphatic rings. The minimum Gasteiger partial charge on any atom is -0.481 e. The Morgan fingerprint density at radius 1 is 1.39 bits per heavy atom. The molecule has 0 bridgehead atoms. The van der Waals surface area contributed by atoms with E-state index >= 15 is 0 Å². The van der Waals surface area contributed by atoms with E-state index in [0.29, 0.717) is 0 Å². The first-order valence-electron chi connectivity index (χ1n) is 5.19. The van der Waals surface area contributed by atoms with Crippen LogP contribution >= 0.6 is 0 Å². The summed E-state index contributed by atoms with van der Waals surface area (Å²) in [5, 5.41) is 18.2. The number of carbonyl (C=O) groups is 3. The van der Waals surface area contributed by atoms with Crippen LogP contribution in [0.1, 0.15) is 17.3 Å². The SMILES string of the molecule is CC1C(C(=O)O)C(=O)c2cccnc2N1C(=O)O. The van der Waals surface area contributed by atoms with Gasteiger partial charge in [0, 0.05) is 6.20 Å². The molecular formula is C11H10N2O5. The molecule has 0 aromatic carbocycles. The fourth-order valence-electron chi connectivity index (χ4n) is 2.09. The van der Waals surface area contributed by atoms with Crippen LogP contribution < -0.4 is 4.90 Å². The molecule has 0 aliphatic carbocycles. The van der Waals surface area contributed by atoms with Gasteiger partial charge in [-0.3, -0.25) is 14.5 Å².